The van der Waals surface area contributed by atoms with Gasteiger partial charge in [-0.25, -0.2) is 0 Å². The van der Waals surface area contributed by atoms with Gasteiger partial charge in [-0.15, -0.1) is 0 Å². The summed E-state index contributed by atoms with van der Waals surface area (Å²) in [5.74, 6) is -0.0530. The fourth-order valence-corrected chi connectivity index (χ4v) is 3.04. The molecule has 2 aromatic rings. The Hall–Kier alpha value is -2.21. The smallest absolute Gasteiger partial charge is 0.293 e. The molecule has 22 heavy (non-hydrogen) atoms. The number of thiocarbonyl (C=S) groups is 1. The van der Waals surface area contributed by atoms with Crippen molar-refractivity contribution >= 4 is 23.2 Å². The number of furan rings is 1. The second kappa shape index (κ2) is 6.70. The monoisotopic (exact) mass is 315 g/mol. The van der Waals surface area contributed by atoms with Gasteiger partial charge in [0.2, 0.25) is 0 Å². The lowest BCUT2D eigenvalue weighted by Crippen LogP contribution is -2.46. The molecule has 1 aliphatic heterocycles. The Balaban J connectivity index is 1.73. The molecule has 0 spiro atoms. The highest BCUT2D eigenvalue weighted by Gasteiger charge is 2.27. The zero-order chi connectivity index (χ0) is 15.4. The summed E-state index contributed by atoms with van der Waals surface area (Å²) in [6.07, 6.45) is 8.30. The van der Waals surface area contributed by atoms with Crippen molar-refractivity contribution in [1.82, 2.24) is 15.2 Å². The number of piperidine rings is 1. The Labute approximate surface area is 134 Å². The zero-order valence-electron chi connectivity index (χ0n) is 12.1. The number of nitrogens with one attached hydrogen (secondary N) is 1. The first-order valence-electron chi connectivity index (χ1n) is 7.31. The molecule has 1 aliphatic rings. The number of carbonyl (C=O) groups excluding carboxylic acids is 1. The van der Waals surface area contributed by atoms with Crippen LogP contribution in [0.4, 0.5) is 0 Å². The van der Waals surface area contributed by atoms with E-state index >= 15 is 0 Å². The van der Waals surface area contributed by atoms with E-state index in [2.05, 4.69) is 15.2 Å². The summed E-state index contributed by atoms with van der Waals surface area (Å²) >= 11 is 5.43. The molecule has 0 radical (unpaired) electrons. The molecule has 1 amide bonds. The predicted octanol–water partition coefficient (Wildman–Crippen LogP) is 2.92. The average Bonchev–Trinajstić information content (AvgIpc) is 3.10. The van der Waals surface area contributed by atoms with Gasteiger partial charge in [0.1, 0.15) is 0 Å². The molecule has 0 aliphatic carbocycles. The van der Waals surface area contributed by atoms with Crippen molar-refractivity contribution in [3.63, 3.8) is 0 Å². The molecule has 6 heteroatoms. The lowest BCUT2D eigenvalue weighted by molar-refractivity contribution is 0.0942. The highest BCUT2D eigenvalue weighted by molar-refractivity contribution is 7.80. The van der Waals surface area contributed by atoms with Crippen molar-refractivity contribution in [2.45, 2.75) is 25.3 Å². The van der Waals surface area contributed by atoms with Crippen LogP contribution in [0.5, 0.6) is 0 Å². The maximum absolute atomic E-state index is 12.1. The fraction of sp³-hybridized carbons (Fsp3) is 0.312. The van der Waals surface area contributed by atoms with Crippen molar-refractivity contribution in [3.8, 4) is 0 Å². The summed E-state index contributed by atoms with van der Waals surface area (Å²) in [6, 6.07) is 7.43. The maximum Gasteiger partial charge on any atom is 0.293 e. The number of amides is 1. The van der Waals surface area contributed by atoms with Gasteiger partial charge in [-0.2, -0.15) is 0 Å². The summed E-state index contributed by atoms with van der Waals surface area (Å²) in [5.41, 5.74) is 1.12. The van der Waals surface area contributed by atoms with Crippen LogP contribution in [0.15, 0.2) is 47.3 Å². The second-order valence-corrected chi connectivity index (χ2v) is 5.61. The first-order chi connectivity index (χ1) is 10.8. The Morgan fingerprint density at radius 2 is 2.27 bits per heavy atom. The van der Waals surface area contributed by atoms with Crippen molar-refractivity contribution in [2.75, 3.05) is 6.54 Å². The molecule has 1 fully saturated rings. The number of likely N-dealkylation sites (tertiary alicyclic amines) is 1. The molecule has 0 bridgehead atoms. The summed E-state index contributed by atoms with van der Waals surface area (Å²) in [6.45, 7) is 0.830. The first-order valence-corrected chi connectivity index (χ1v) is 7.72. The zero-order valence-corrected chi connectivity index (χ0v) is 12.9. The van der Waals surface area contributed by atoms with E-state index in [1.54, 1.807) is 18.3 Å². The number of nitrogens with zero attached hydrogens (tertiary/aromatic N) is 2. The largest absolute Gasteiger partial charge is 0.459 e. The summed E-state index contributed by atoms with van der Waals surface area (Å²) < 4.78 is 5.09. The number of rotatable bonds is 2. The van der Waals surface area contributed by atoms with E-state index in [0.717, 1.165) is 31.4 Å². The van der Waals surface area contributed by atoms with Crippen LogP contribution in [-0.2, 0) is 0 Å². The molecule has 5 nitrogen and oxygen atoms in total. The predicted molar refractivity (Wildman–Crippen MR) is 86.3 cm³/mol. The van der Waals surface area contributed by atoms with Gasteiger partial charge in [-0.05, 0) is 55.2 Å². The van der Waals surface area contributed by atoms with E-state index in [0.29, 0.717) is 5.11 Å². The molecule has 0 unspecified atom stereocenters. The van der Waals surface area contributed by atoms with Gasteiger partial charge in [-0.3, -0.25) is 15.1 Å². The number of carbonyl (C=O) groups is 1. The van der Waals surface area contributed by atoms with Gasteiger partial charge < -0.3 is 9.32 Å². The highest BCUT2D eigenvalue weighted by atomic mass is 32.1. The molecule has 0 saturated carbocycles. The van der Waals surface area contributed by atoms with Crippen LogP contribution in [0.1, 0.15) is 41.4 Å². The standard InChI is InChI=1S/C16H17N3O2S/c20-15(14-7-4-10-21-14)18-16(22)19-9-2-1-6-13(19)12-5-3-8-17-11-12/h3-5,7-8,10-11,13H,1-2,6,9H2,(H,18,20,22)/t13-/m1/s1. The van der Waals surface area contributed by atoms with Crippen molar-refractivity contribution < 1.29 is 9.21 Å². The normalized spacial score (nSPS) is 18.0. The van der Waals surface area contributed by atoms with E-state index in [1.165, 1.54) is 6.26 Å². The number of pyridine rings is 1. The molecule has 114 valence electrons. The third kappa shape index (κ3) is 3.17. The van der Waals surface area contributed by atoms with E-state index in [1.807, 2.05) is 18.3 Å². The van der Waals surface area contributed by atoms with Gasteiger partial charge in [0, 0.05) is 18.9 Å². The van der Waals surface area contributed by atoms with Gasteiger partial charge in [0.15, 0.2) is 10.9 Å². The van der Waals surface area contributed by atoms with Gasteiger partial charge in [-0.1, -0.05) is 6.07 Å². The quantitative estimate of drug-likeness (QED) is 0.864. The van der Waals surface area contributed by atoms with Crippen LogP contribution in [-0.4, -0.2) is 27.4 Å². The number of aromatic nitrogens is 1. The van der Waals surface area contributed by atoms with E-state index in [4.69, 9.17) is 16.6 Å². The minimum Gasteiger partial charge on any atom is -0.459 e. The average molecular weight is 315 g/mol. The van der Waals surface area contributed by atoms with Crippen molar-refractivity contribution in [2.24, 2.45) is 0 Å². The Bertz CT molecular complexity index is 643. The summed E-state index contributed by atoms with van der Waals surface area (Å²) in [4.78, 5) is 18.3. The lowest BCUT2D eigenvalue weighted by Gasteiger charge is -2.37. The van der Waals surface area contributed by atoms with E-state index in [9.17, 15) is 4.79 Å². The van der Waals surface area contributed by atoms with Crippen LogP contribution in [0.2, 0.25) is 0 Å². The fourth-order valence-electron chi connectivity index (χ4n) is 2.73. The second-order valence-electron chi connectivity index (χ2n) is 5.23. The molecule has 1 atom stereocenters. The van der Waals surface area contributed by atoms with Crippen LogP contribution < -0.4 is 5.32 Å². The molecule has 1 saturated heterocycles. The molecule has 0 aromatic carbocycles. The van der Waals surface area contributed by atoms with E-state index in [-0.39, 0.29) is 17.7 Å². The topological polar surface area (TPSA) is 58.4 Å². The molecular formula is C16H17N3O2S. The third-order valence-electron chi connectivity index (χ3n) is 3.80. The number of hydrogen-bond acceptors (Lipinski definition) is 4. The molecule has 3 heterocycles. The SMILES string of the molecule is O=C(NC(=S)N1CCCC[C@@H]1c1cccnc1)c1ccco1. The Morgan fingerprint density at radius 1 is 1.36 bits per heavy atom. The third-order valence-corrected chi connectivity index (χ3v) is 4.13. The van der Waals surface area contributed by atoms with Crippen LogP contribution >= 0.6 is 12.2 Å². The Kier molecular flexibility index (Phi) is 4.48. The van der Waals surface area contributed by atoms with Crippen LogP contribution in [0.25, 0.3) is 0 Å². The highest BCUT2D eigenvalue weighted by Crippen LogP contribution is 2.30. The molecule has 3 rings (SSSR count). The minimum absolute atomic E-state index is 0.159. The Morgan fingerprint density at radius 3 is 3.00 bits per heavy atom. The van der Waals surface area contributed by atoms with Crippen molar-refractivity contribution in [1.29, 1.82) is 0 Å². The van der Waals surface area contributed by atoms with E-state index < -0.39 is 0 Å². The van der Waals surface area contributed by atoms with Gasteiger partial charge >= 0.3 is 0 Å². The van der Waals surface area contributed by atoms with Crippen LogP contribution in [0, 0.1) is 0 Å². The summed E-state index contributed by atoms with van der Waals surface area (Å²) in [5, 5.41) is 3.20. The van der Waals surface area contributed by atoms with Gasteiger partial charge in [0.25, 0.3) is 5.91 Å². The van der Waals surface area contributed by atoms with Crippen molar-refractivity contribution in [3.05, 3.63) is 54.2 Å². The maximum atomic E-state index is 12.1. The van der Waals surface area contributed by atoms with Crippen LogP contribution in [0.3, 0.4) is 0 Å². The number of hydrogen-bond donors (Lipinski definition) is 1. The van der Waals surface area contributed by atoms with Gasteiger partial charge in [0.05, 0.1) is 12.3 Å². The first kappa shape index (κ1) is 14.7. The minimum atomic E-state index is -0.314. The lowest BCUT2D eigenvalue weighted by atomic mass is 9.97. The molecule has 1 N–H and O–H groups in total. The summed E-state index contributed by atoms with van der Waals surface area (Å²) in [7, 11) is 0. The molecule has 2 aromatic heterocycles. The molecular weight excluding hydrogens is 298 g/mol.